The van der Waals surface area contributed by atoms with Crippen LogP contribution in [0.25, 0.3) is 11.0 Å². The summed E-state index contributed by atoms with van der Waals surface area (Å²) in [5.74, 6) is 1.15. The maximum absolute atomic E-state index is 12.5. The molecule has 3 aromatic rings. The van der Waals surface area contributed by atoms with Crippen molar-refractivity contribution in [3.05, 3.63) is 24.3 Å². The van der Waals surface area contributed by atoms with Crippen molar-refractivity contribution in [2.24, 2.45) is 0 Å². The zero-order valence-corrected chi connectivity index (χ0v) is 15.0. The standard InChI is InChI=1S/C16H22N8O/c1-10-6-12(24(22-10)16(2,3)4)21-13(25)8-23-15-11(7-20-23)14(17-5)18-9-19-15/h6-7,9H,8H2,1-5H3,(H,21,25)(H,17,18,19). The van der Waals surface area contributed by atoms with Crippen LogP contribution in [-0.4, -0.2) is 42.5 Å². The van der Waals surface area contributed by atoms with Crippen molar-refractivity contribution in [1.82, 2.24) is 29.5 Å². The molecular weight excluding hydrogens is 320 g/mol. The molecule has 0 saturated heterocycles. The summed E-state index contributed by atoms with van der Waals surface area (Å²) >= 11 is 0. The summed E-state index contributed by atoms with van der Waals surface area (Å²) in [4.78, 5) is 20.9. The summed E-state index contributed by atoms with van der Waals surface area (Å²) in [5.41, 5.74) is 1.22. The Kier molecular flexibility index (Phi) is 4.15. The molecular formula is C16H22N8O. The normalized spacial score (nSPS) is 11.7. The number of aryl methyl sites for hydroxylation is 1. The van der Waals surface area contributed by atoms with Crippen molar-refractivity contribution >= 4 is 28.6 Å². The summed E-state index contributed by atoms with van der Waals surface area (Å²) in [5, 5.41) is 15.4. The monoisotopic (exact) mass is 342 g/mol. The molecule has 1 amide bonds. The van der Waals surface area contributed by atoms with E-state index < -0.39 is 0 Å². The quantitative estimate of drug-likeness (QED) is 0.749. The highest BCUT2D eigenvalue weighted by atomic mass is 16.2. The Morgan fingerprint density at radius 1 is 1.28 bits per heavy atom. The number of aromatic nitrogens is 6. The number of anilines is 2. The highest BCUT2D eigenvalue weighted by molar-refractivity contribution is 5.92. The molecule has 0 atom stereocenters. The van der Waals surface area contributed by atoms with E-state index in [-0.39, 0.29) is 18.0 Å². The van der Waals surface area contributed by atoms with Crippen molar-refractivity contribution in [2.75, 3.05) is 17.7 Å². The molecule has 3 heterocycles. The maximum Gasteiger partial charge on any atom is 0.247 e. The molecule has 25 heavy (non-hydrogen) atoms. The molecule has 0 spiro atoms. The Morgan fingerprint density at radius 2 is 2.04 bits per heavy atom. The van der Waals surface area contributed by atoms with Crippen molar-refractivity contribution in [3.63, 3.8) is 0 Å². The van der Waals surface area contributed by atoms with E-state index in [9.17, 15) is 4.79 Å². The summed E-state index contributed by atoms with van der Waals surface area (Å²) in [6.07, 6.45) is 3.10. The minimum Gasteiger partial charge on any atom is -0.372 e. The van der Waals surface area contributed by atoms with Gasteiger partial charge in [0.25, 0.3) is 0 Å². The minimum atomic E-state index is -0.232. The molecule has 3 aromatic heterocycles. The molecule has 0 bridgehead atoms. The average Bonchev–Trinajstić information content (AvgIpc) is 3.10. The fraction of sp³-hybridized carbons (Fsp3) is 0.438. The summed E-state index contributed by atoms with van der Waals surface area (Å²) in [7, 11) is 1.78. The minimum absolute atomic E-state index is 0.0536. The number of amides is 1. The lowest BCUT2D eigenvalue weighted by molar-refractivity contribution is -0.116. The van der Waals surface area contributed by atoms with Crippen molar-refractivity contribution in [3.8, 4) is 0 Å². The van der Waals surface area contributed by atoms with E-state index in [1.807, 2.05) is 38.4 Å². The van der Waals surface area contributed by atoms with Crippen LogP contribution in [0, 0.1) is 6.92 Å². The zero-order chi connectivity index (χ0) is 18.2. The van der Waals surface area contributed by atoms with Gasteiger partial charge in [-0.25, -0.2) is 19.3 Å². The number of hydrogen-bond acceptors (Lipinski definition) is 6. The van der Waals surface area contributed by atoms with Gasteiger partial charge in [-0.2, -0.15) is 10.2 Å². The fourth-order valence-corrected chi connectivity index (χ4v) is 2.63. The number of nitrogens with zero attached hydrogens (tertiary/aromatic N) is 6. The van der Waals surface area contributed by atoms with Crippen LogP contribution in [0.1, 0.15) is 26.5 Å². The molecule has 0 fully saturated rings. The second-order valence-corrected chi connectivity index (χ2v) is 6.81. The Hall–Kier alpha value is -2.97. The largest absolute Gasteiger partial charge is 0.372 e. The molecule has 9 heteroatoms. The number of rotatable bonds is 4. The summed E-state index contributed by atoms with van der Waals surface area (Å²) in [6, 6.07) is 1.85. The fourth-order valence-electron chi connectivity index (χ4n) is 2.63. The van der Waals surface area contributed by atoms with Crippen LogP contribution in [-0.2, 0) is 16.9 Å². The molecule has 9 nitrogen and oxygen atoms in total. The molecule has 3 rings (SSSR count). The van der Waals surface area contributed by atoms with Crippen LogP contribution in [0.4, 0.5) is 11.6 Å². The van der Waals surface area contributed by atoms with Gasteiger partial charge in [0.2, 0.25) is 5.91 Å². The van der Waals surface area contributed by atoms with Gasteiger partial charge in [-0.1, -0.05) is 0 Å². The smallest absolute Gasteiger partial charge is 0.247 e. The Balaban J connectivity index is 1.83. The van der Waals surface area contributed by atoms with Gasteiger partial charge in [-0.15, -0.1) is 0 Å². The van der Waals surface area contributed by atoms with E-state index in [1.54, 1.807) is 17.9 Å². The number of nitrogens with one attached hydrogen (secondary N) is 2. The van der Waals surface area contributed by atoms with Crippen LogP contribution in [0.2, 0.25) is 0 Å². The number of hydrogen-bond donors (Lipinski definition) is 2. The summed E-state index contributed by atoms with van der Waals surface area (Å²) < 4.78 is 3.36. The van der Waals surface area contributed by atoms with Gasteiger partial charge < -0.3 is 10.6 Å². The zero-order valence-electron chi connectivity index (χ0n) is 15.0. The van der Waals surface area contributed by atoms with Crippen LogP contribution in [0.5, 0.6) is 0 Å². The van der Waals surface area contributed by atoms with Crippen LogP contribution >= 0.6 is 0 Å². The predicted octanol–water partition coefficient (Wildman–Crippen LogP) is 1.77. The van der Waals surface area contributed by atoms with Gasteiger partial charge in [-0.3, -0.25) is 4.79 Å². The Labute approximate surface area is 145 Å². The van der Waals surface area contributed by atoms with Crippen molar-refractivity contribution in [2.45, 2.75) is 39.8 Å². The van der Waals surface area contributed by atoms with Crippen LogP contribution in [0.15, 0.2) is 18.6 Å². The molecule has 0 aliphatic rings. The summed E-state index contributed by atoms with van der Waals surface area (Å²) in [6.45, 7) is 8.05. The lowest BCUT2D eigenvalue weighted by Gasteiger charge is -2.22. The van der Waals surface area contributed by atoms with Crippen LogP contribution < -0.4 is 10.6 Å². The molecule has 0 aliphatic carbocycles. The molecule has 0 aromatic carbocycles. The van der Waals surface area contributed by atoms with Gasteiger partial charge in [0.1, 0.15) is 24.5 Å². The van der Waals surface area contributed by atoms with E-state index in [0.29, 0.717) is 17.3 Å². The third-order valence-electron chi connectivity index (χ3n) is 3.70. The predicted molar refractivity (Wildman–Crippen MR) is 95.5 cm³/mol. The van der Waals surface area contributed by atoms with Gasteiger partial charge in [-0.05, 0) is 27.7 Å². The molecule has 2 N–H and O–H groups in total. The lowest BCUT2D eigenvalue weighted by atomic mass is 10.1. The first-order valence-corrected chi connectivity index (χ1v) is 8.01. The van der Waals surface area contributed by atoms with Crippen molar-refractivity contribution in [1.29, 1.82) is 0 Å². The third-order valence-corrected chi connectivity index (χ3v) is 3.70. The average molecular weight is 342 g/mol. The second kappa shape index (κ2) is 6.15. The van der Waals surface area contributed by atoms with Crippen molar-refractivity contribution < 1.29 is 4.79 Å². The highest BCUT2D eigenvalue weighted by Crippen LogP contribution is 2.22. The lowest BCUT2D eigenvalue weighted by Crippen LogP contribution is -2.28. The Bertz CT molecular complexity index is 918. The van der Waals surface area contributed by atoms with Gasteiger partial charge in [0, 0.05) is 13.1 Å². The van der Waals surface area contributed by atoms with E-state index in [0.717, 1.165) is 11.1 Å². The molecule has 0 radical (unpaired) electrons. The van der Waals surface area contributed by atoms with E-state index >= 15 is 0 Å². The third kappa shape index (κ3) is 3.30. The molecule has 0 aliphatic heterocycles. The second-order valence-electron chi connectivity index (χ2n) is 6.81. The van der Waals surface area contributed by atoms with Gasteiger partial charge >= 0.3 is 0 Å². The van der Waals surface area contributed by atoms with E-state index in [4.69, 9.17) is 0 Å². The number of carbonyl (C=O) groups excluding carboxylic acids is 1. The first-order chi connectivity index (χ1) is 11.8. The number of carbonyl (C=O) groups is 1. The maximum atomic E-state index is 12.5. The highest BCUT2D eigenvalue weighted by Gasteiger charge is 2.20. The molecule has 0 saturated carbocycles. The van der Waals surface area contributed by atoms with E-state index in [2.05, 4.69) is 30.8 Å². The van der Waals surface area contributed by atoms with Crippen LogP contribution in [0.3, 0.4) is 0 Å². The SMILES string of the molecule is CNc1ncnc2c1cnn2CC(=O)Nc1cc(C)nn1C(C)(C)C. The Morgan fingerprint density at radius 3 is 2.72 bits per heavy atom. The number of fused-ring (bicyclic) bond motifs is 1. The van der Waals surface area contributed by atoms with E-state index in [1.165, 1.54) is 6.33 Å². The van der Waals surface area contributed by atoms with Gasteiger partial charge in [0.05, 0.1) is 22.8 Å². The first-order valence-electron chi connectivity index (χ1n) is 8.01. The molecule has 132 valence electrons. The first kappa shape index (κ1) is 16.9. The van der Waals surface area contributed by atoms with Gasteiger partial charge in [0.15, 0.2) is 5.65 Å². The topological polar surface area (TPSA) is 103 Å². The molecule has 0 unspecified atom stereocenters.